The lowest BCUT2D eigenvalue weighted by Gasteiger charge is -2.31. The molecule has 8 heteroatoms. The van der Waals surface area contributed by atoms with Gasteiger partial charge in [-0.25, -0.2) is 9.50 Å². The largest absolute Gasteiger partial charge is 0.343 e. The summed E-state index contributed by atoms with van der Waals surface area (Å²) in [7, 11) is 4.10. The van der Waals surface area contributed by atoms with Crippen LogP contribution in [0.15, 0.2) is 30.7 Å². The van der Waals surface area contributed by atoms with Crippen molar-refractivity contribution in [2.75, 3.05) is 33.7 Å². The summed E-state index contributed by atoms with van der Waals surface area (Å²) in [6.45, 7) is 6.86. The van der Waals surface area contributed by atoms with Crippen molar-refractivity contribution in [3.63, 3.8) is 0 Å². The average molecular weight is 474 g/mol. The van der Waals surface area contributed by atoms with E-state index in [2.05, 4.69) is 58.3 Å². The van der Waals surface area contributed by atoms with Gasteiger partial charge < -0.3 is 9.80 Å². The van der Waals surface area contributed by atoms with E-state index in [-0.39, 0.29) is 5.91 Å². The topological polar surface area (TPSA) is 82.4 Å². The summed E-state index contributed by atoms with van der Waals surface area (Å²) < 4.78 is 1.85. The Bertz CT molecular complexity index is 1340. The third kappa shape index (κ3) is 4.67. The van der Waals surface area contributed by atoms with Gasteiger partial charge in [-0.3, -0.25) is 9.89 Å². The molecular weight excluding hydrogens is 438 g/mol. The molecule has 1 aromatic carbocycles. The first-order chi connectivity index (χ1) is 16.9. The highest BCUT2D eigenvalue weighted by Gasteiger charge is 2.27. The van der Waals surface area contributed by atoms with Gasteiger partial charge in [0.1, 0.15) is 6.33 Å². The van der Waals surface area contributed by atoms with Crippen LogP contribution in [0.5, 0.6) is 0 Å². The lowest BCUT2D eigenvalue weighted by molar-refractivity contribution is -0.132. The van der Waals surface area contributed by atoms with Crippen molar-refractivity contribution in [2.24, 2.45) is 0 Å². The van der Waals surface area contributed by atoms with Gasteiger partial charge in [0, 0.05) is 42.6 Å². The Kier molecular flexibility index (Phi) is 6.56. The van der Waals surface area contributed by atoms with Gasteiger partial charge in [-0.15, -0.1) is 0 Å². The number of piperidine rings is 1. The molecule has 1 fully saturated rings. The van der Waals surface area contributed by atoms with Crippen molar-refractivity contribution in [3.8, 4) is 11.1 Å². The Balaban J connectivity index is 1.36. The molecule has 0 radical (unpaired) electrons. The number of nitrogens with one attached hydrogen (secondary N) is 1. The Hall–Kier alpha value is -3.26. The Morgan fingerprint density at radius 1 is 1.20 bits per heavy atom. The predicted molar refractivity (Wildman–Crippen MR) is 139 cm³/mol. The molecule has 1 amide bonds. The number of carbonyl (C=O) groups is 1. The molecule has 1 aliphatic rings. The predicted octanol–water partition coefficient (Wildman–Crippen LogP) is 4.19. The first-order valence-electron chi connectivity index (χ1n) is 12.7. The standard InChI is InChI=1S/C27H35N7O/c1-5-19-14-23-24(15-22(19)21-13-18(2)27-28-17-29-34(27)16-21)30-31-26(23)20-8-11-33(12-9-20)25(35)7-6-10-32(3)4/h13-17,20H,5-12H2,1-4H3,(H,30,31). The molecule has 0 aliphatic carbocycles. The van der Waals surface area contributed by atoms with Crippen molar-refractivity contribution >= 4 is 22.5 Å². The number of rotatable bonds is 7. The van der Waals surface area contributed by atoms with E-state index in [0.717, 1.165) is 73.3 Å². The molecule has 4 aromatic rings. The number of H-pyrrole nitrogens is 1. The molecule has 5 rings (SSSR count). The Labute approximate surface area is 206 Å². The fourth-order valence-electron chi connectivity index (χ4n) is 5.35. The highest BCUT2D eigenvalue weighted by molar-refractivity contribution is 5.89. The second-order valence-corrected chi connectivity index (χ2v) is 10.0. The maximum Gasteiger partial charge on any atom is 0.222 e. The molecule has 8 nitrogen and oxygen atoms in total. The van der Waals surface area contributed by atoms with E-state index in [1.165, 1.54) is 16.5 Å². The minimum absolute atomic E-state index is 0.287. The zero-order valence-electron chi connectivity index (χ0n) is 21.2. The van der Waals surface area contributed by atoms with Gasteiger partial charge in [0.2, 0.25) is 5.91 Å². The first kappa shape index (κ1) is 23.5. The highest BCUT2D eigenvalue weighted by Crippen LogP contribution is 2.36. The zero-order chi connectivity index (χ0) is 24.5. The number of likely N-dealkylation sites (tertiary alicyclic amines) is 1. The molecule has 1 saturated heterocycles. The van der Waals surface area contributed by atoms with Crippen LogP contribution < -0.4 is 0 Å². The summed E-state index contributed by atoms with van der Waals surface area (Å²) in [5, 5.41) is 13.6. The zero-order valence-corrected chi connectivity index (χ0v) is 21.2. The summed E-state index contributed by atoms with van der Waals surface area (Å²) >= 11 is 0. The summed E-state index contributed by atoms with van der Waals surface area (Å²) in [6, 6.07) is 6.72. The van der Waals surface area contributed by atoms with Crippen LogP contribution in [0.25, 0.3) is 27.7 Å². The fourth-order valence-corrected chi connectivity index (χ4v) is 5.35. The van der Waals surface area contributed by atoms with Gasteiger partial charge in [-0.05, 0) is 88.1 Å². The number of aromatic nitrogens is 5. The number of pyridine rings is 1. The lowest BCUT2D eigenvalue weighted by atomic mass is 9.89. The van der Waals surface area contributed by atoms with E-state index in [1.54, 1.807) is 6.33 Å². The maximum absolute atomic E-state index is 12.6. The van der Waals surface area contributed by atoms with Crippen LogP contribution in [-0.2, 0) is 11.2 Å². The van der Waals surface area contributed by atoms with Crippen molar-refractivity contribution in [1.82, 2.24) is 34.6 Å². The molecule has 1 aliphatic heterocycles. The second kappa shape index (κ2) is 9.77. The maximum atomic E-state index is 12.6. The van der Waals surface area contributed by atoms with E-state index in [4.69, 9.17) is 5.10 Å². The third-order valence-electron chi connectivity index (χ3n) is 7.30. The summed E-state index contributed by atoms with van der Waals surface area (Å²) in [5.74, 6) is 0.661. The number of aryl methyl sites for hydroxylation is 2. The van der Waals surface area contributed by atoms with Crippen LogP contribution in [0.2, 0.25) is 0 Å². The van der Waals surface area contributed by atoms with Crippen molar-refractivity contribution in [1.29, 1.82) is 0 Å². The molecule has 35 heavy (non-hydrogen) atoms. The van der Waals surface area contributed by atoms with E-state index in [0.29, 0.717) is 12.3 Å². The second-order valence-electron chi connectivity index (χ2n) is 10.0. The molecule has 0 bridgehead atoms. The van der Waals surface area contributed by atoms with Crippen LogP contribution in [0.4, 0.5) is 0 Å². The van der Waals surface area contributed by atoms with Gasteiger partial charge in [-0.2, -0.15) is 10.2 Å². The van der Waals surface area contributed by atoms with Gasteiger partial charge in [0.25, 0.3) is 0 Å². The van der Waals surface area contributed by atoms with Crippen LogP contribution in [0.1, 0.15) is 55.3 Å². The van der Waals surface area contributed by atoms with Crippen molar-refractivity contribution in [3.05, 3.63) is 47.5 Å². The number of hydrogen-bond acceptors (Lipinski definition) is 5. The summed E-state index contributed by atoms with van der Waals surface area (Å²) in [4.78, 5) is 21.1. The molecule has 1 N–H and O–H groups in total. The van der Waals surface area contributed by atoms with Crippen molar-refractivity contribution < 1.29 is 4.79 Å². The van der Waals surface area contributed by atoms with Gasteiger partial charge in [0.15, 0.2) is 5.65 Å². The number of amides is 1. The molecule has 0 atom stereocenters. The van der Waals surface area contributed by atoms with E-state index in [9.17, 15) is 4.79 Å². The van der Waals surface area contributed by atoms with Crippen LogP contribution >= 0.6 is 0 Å². The van der Waals surface area contributed by atoms with Crippen molar-refractivity contribution in [2.45, 2.75) is 51.9 Å². The van der Waals surface area contributed by atoms with E-state index in [1.807, 2.05) is 23.5 Å². The number of aromatic amines is 1. The van der Waals surface area contributed by atoms with Crippen LogP contribution in [0.3, 0.4) is 0 Å². The van der Waals surface area contributed by atoms with Gasteiger partial charge >= 0.3 is 0 Å². The van der Waals surface area contributed by atoms with Gasteiger partial charge in [-0.1, -0.05) is 6.92 Å². The van der Waals surface area contributed by atoms with Gasteiger partial charge in [0.05, 0.1) is 11.2 Å². The monoisotopic (exact) mass is 473 g/mol. The van der Waals surface area contributed by atoms with E-state index < -0.39 is 0 Å². The number of carbonyl (C=O) groups excluding carboxylic acids is 1. The molecule has 0 unspecified atom stereocenters. The molecule has 4 heterocycles. The molecule has 0 saturated carbocycles. The number of hydrogen-bond donors (Lipinski definition) is 1. The van der Waals surface area contributed by atoms with E-state index >= 15 is 0 Å². The highest BCUT2D eigenvalue weighted by atomic mass is 16.2. The first-order valence-corrected chi connectivity index (χ1v) is 12.7. The number of fused-ring (bicyclic) bond motifs is 2. The average Bonchev–Trinajstić information content (AvgIpc) is 3.50. The minimum atomic E-state index is 0.287. The third-order valence-corrected chi connectivity index (χ3v) is 7.30. The Morgan fingerprint density at radius 2 is 2.00 bits per heavy atom. The Morgan fingerprint density at radius 3 is 2.74 bits per heavy atom. The summed E-state index contributed by atoms with van der Waals surface area (Å²) in [6.07, 6.45) is 8.07. The fraction of sp³-hybridized carbons (Fsp3) is 0.481. The lowest BCUT2D eigenvalue weighted by Crippen LogP contribution is -2.38. The number of benzene rings is 1. The molecule has 0 spiro atoms. The molecule has 184 valence electrons. The smallest absolute Gasteiger partial charge is 0.222 e. The van der Waals surface area contributed by atoms with Crippen LogP contribution in [0, 0.1) is 6.92 Å². The molecule has 3 aromatic heterocycles. The normalized spacial score (nSPS) is 15.1. The minimum Gasteiger partial charge on any atom is -0.343 e. The van der Waals surface area contributed by atoms with Crippen LogP contribution in [-0.4, -0.2) is 74.2 Å². The number of nitrogens with zero attached hydrogens (tertiary/aromatic N) is 6. The summed E-state index contributed by atoms with van der Waals surface area (Å²) in [5.41, 5.74) is 7.84. The SMILES string of the molecule is CCc1cc2c(C3CCN(C(=O)CCCN(C)C)CC3)n[nH]c2cc1-c1cc(C)c2ncnn2c1. The molecular formula is C27H35N7O. The quantitative estimate of drug-likeness (QED) is 0.435.